The minimum Gasteiger partial charge on any atom is -0.353 e. The third-order valence-corrected chi connectivity index (χ3v) is 7.25. The van der Waals surface area contributed by atoms with Crippen LogP contribution in [0.2, 0.25) is 0 Å². The van der Waals surface area contributed by atoms with Crippen LogP contribution in [-0.4, -0.2) is 64.6 Å². The van der Waals surface area contributed by atoms with Crippen molar-refractivity contribution in [2.75, 3.05) is 44.2 Å². The number of rotatable bonds is 3. The van der Waals surface area contributed by atoms with Crippen molar-refractivity contribution in [1.82, 2.24) is 19.8 Å². The molecule has 4 heterocycles. The summed E-state index contributed by atoms with van der Waals surface area (Å²) in [7, 11) is 0. The van der Waals surface area contributed by atoms with Crippen LogP contribution in [0, 0.1) is 13.8 Å². The first kappa shape index (κ1) is 19.1. The summed E-state index contributed by atoms with van der Waals surface area (Å²) in [5, 5.41) is 1.28. The Morgan fingerprint density at radius 3 is 2.22 bits per heavy atom. The number of likely N-dealkylation sites (tertiary alicyclic amines) is 1. The second kappa shape index (κ2) is 7.30. The molecule has 0 aliphatic carbocycles. The molecule has 0 saturated carbocycles. The van der Waals surface area contributed by atoms with Gasteiger partial charge in [0.1, 0.15) is 16.5 Å². The molecule has 5 nitrogen and oxygen atoms in total. The molecule has 0 atom stereocenters. The maximum Gasteiger partial charge on any atom is 0.146 e. The van der Waals surface area contributed by atoms with Gasteiger partial charge in [-0.15, -0.1) is 11.3 Å². The summed E-state index contributed by atoms with van der Waals surface area (Å²) < 4.78 is 0. The van der Waals surface area contributed by atoms with E-state index < -0.39 is 0 Å². The van der Waals surface area contributed by atoms with Gasteiger partial charge in [-0.25, -0.2) is 9.97 Å². The standard InChI is InChI=1S/C21H33N5S/c1-15-16(2)27-20-18(15)19(22-17(23-20)14-24-8-6-7-9-24)25-10-12-26(13-11-25)21(3,4)5/h6-14H2,1-5H3. The van der Waals surface area contributed by atoms with E-state index in [1.165, 1.54) is 52.4 Å². The van der Waals surface area contributed by atoms with Gasteiger partial charge in [-0.3, -0.25) is 9.80 Å². The number of thiophene rings is 1. The van der Waals surface area contributed by atoms with Crippen LogP contribution in [0.1, 0.15) is 49.9 Å². The van der Waals surface area contributed by atoms with Crippen molar-refractivity contribution < 1.29 is 0 Å². The zero-order chi connectivity index (χ0) is 19.2. The lowest BCUT2D eigenvalue weighted by molar-refractivity contribution is 0.128. The second-order valence-electron chi connectivity index (χ2n) is 9.06. The van der Waals surface area contributed by atoms with Gasteiger partial charge in [-0.05, 0) is 66.1 Å². The summed E-state index contributed by atoms with van der Waals surface area (Å²) >= 11 is 1.83. The van der Waals surface area contributed by atoms with E-state index in [9.17, 15) is 0 Å². The average Bonchev–Trinajstić information content (AvgIpc) is 3.22. The summed E-state index contributed by atoms with van der Waals surface area (Å²) in [6.07, 6.45) is 2.61. The van der Waals surface area contributed by atoms with E-state index in [1.54, 1.807) is 0 Å². The fourth-order valence-electron chi connectivity index (χ4n) is 4.30. The van der Waals surface area contributed by atoms with Gasteiger partial charge in [0.05, 0.1) is 11.9 Å². The summed E-state index contributed by atoms with van der Waals surface area (Å²) in [6, 6.07) is 0. The first-order valence-corrected chi connectivity index (χ1v) is 11.1. The van der Waals surface area contributed by atoms with Gasteiger partial charge in [-0.1, -0.05) is 0 Å². The maximum absolute atomic E-state index is 5.11. The Morgan fingerprint density at radius 1 is 0.926 bits per heavy atom. The van der Waals surface area contributed by atoms with Crippen LogP contribution < -0.4 is 4.90 Å². The van der Waals surface area contributed by atoms with E-state index in [0.717, 1.165) is 38.5 Å². The molecule has 2 aromatic rings. The van der Waals surface area contributed by atoms with Gasteiger partial charge < -0.3 is 4.90 Å². The number of hydrogen-bond acceptors (Lipinski definition) is 6. The quantitative estimate of drug-likeness (QED) is 0.800. The Morgan fingerprint density at radius 2 is 1.59 bits per heavy atom. The highest BCUT2D eigenvalue weighted by atomic mass is 32.1. The molecule has 0 radical (unpaired) electrons. The molecule has 4 rings (SSSR count). The van der Waals surface area contributed by atoms with E-state index in [4.69, 9.17) is 9.97 Å². The van der Waals surface area contributed by atoms with E-state index in [0.29, 0.717) is 0 Å². The third-order valence-electron chi connectivity index (χ3n) is 6.15. The summed E-state index contributed by atoms with van der Waals surface area (Å²) in [5.41, 5.74) is 1.60. The lowest BCUT2D eigenvalue weighted by Gasteiger charge is -2.42. The smallest absolute Gasteiger partial charge is 0.146 e. The Kier molecular flexibility index (Phi) is 5.16. The monoisotopic (exact) mass is 387 g/mol. The molecule has 2 saturated heterocycles. The highest BCUT2D eigenvalue weighted by Crippen LogP contribution is 2.36. The molecule has 0 aromatic carbocycles. The Balaban J connectivity index is 1.65. The van der Waals surface area contributed by atoms with Gasteiger partial charge in [-0.2, -0.15) is 0 Å². The zero-order valence-corrected chi connectivity index (χ0v) is 18.3. The van der Waals surface area contributed by atoms with Crippen LogP contribution in [0.5, 0.6) is 0 Å². The average molecular weight is 388 g/mol. The number of anilines is 1. The fraction of sp³-hybridized carbons (Fsp3) is 0.714. The highest BCUT2D eigenvalue weighted by Gasteiger charge is 2.28. The Labute approximate surface area is 167 Å². The van der Waals surface area contributed by atoms with E-state index in [1.807, 2.05) is 11.3 Å². The van der Waals surface area contributed by atoms with Crippen molar-refractivity contribution in [3.05, 3.63) is 16.3 Å². The molecule has 0 spiro atoms. The first-order chi connectivity index (χ1) is 12.8. The molecule has 2 aliphatic heterocycles. The molecule has 148 valence electrons. The lowest BCUT2D eigenvalue weighted by Crippen LogP contribution is -2.53. The van der Waals surface area contributed by atoms with Gasteiger partial charge >= 0.3 is 0 Å². The van der Waals surface area contributed by atoms with Crippen LogP contribution in [0.15, 0.2) is 0 Å². The predicted molar refractivity (Wildman–Crippen MR) is 115 cm³/mol. The van der Waals surface area contributed by atoms with E-state index >= 15 is 0 Å². The number of aromatic nitrogens is 2. The van der Waals surface area contributed by atoms with Crippen LogP contribution in [0.4, 0.5) is 5.82 Å². The SMILES string of the molecule is Cc1sc2nc(CN3CCCC3)nc(N3CCN(C(C)(C)C)CC3)c2c1C. The number of nitrogens with zero attached hydrogens (tertiary/aromatic N) is 5. The lowest BCUT2D eigenvalue weighted by atomic mass is 10.0. The van der Waals surface area contributed by atoms with E-state index in [-0.39, 0.29) is 5.54 Å². The molecule has 0 amide bonds. The molecule has 0 unspecified atom stereocenters. The first-order valence-electron chi connectivity index (χ1n) is 10.3. The van der Waals surface area contributed by atoms with Crippen molar-refractivity contribution in [2.45, 2.75) is 59.5 Å². The van der Waals surface area contributed by atoms with Crippen molar-refractivity contribution >= 4 is 27.4 Å². The molecule has 2 aromatic heterocycles. The fourth-order valence-corrected chi connectivity index (χ4v) is 5.34. The minimum absolute atomic E-state index is 0.239. The van der Waals surface area contributed by atoms with Crippen LogP contribution >= 0.6 is 11.3 Å². The van der Waals surface area contributed by atoms with Crippen LogP contribution in [0.3, 0.4) is 0 Å². The maximum atomic E-state index is 5.11. The minimum atomic E-state index is 0.239. The van der Waals surface area contributed by atoms with Crippen LogP contribution in [0.25, 0.3) is 10.2 Å². The Bertz CT molecular complexity index is 808. The molecule has 0 bridgehead atoms. The highest BCUT2D eigenvalue weighted by molar-refractivity contribution is 7.18. The van der Waals surface area contributed by atoms with Crippen molar-refractivity contribution in [3.63, 3.8) is 0 Å². The topological polar surface area (TPSA) is 35.5 Å². The second-order valence-corrected chi connectivity index (χ2v) is 10.3. The van der Waals surface area contributed by atoms with Gasteiger partial charge in [0.2, 0.25) is 0 Å². The van der Waals surface area contributed by atoms with E-state index in [2.05, 4.69) is 49.3 Å². The van der Waals surface area contributed by atoms with Gasteiger partial charge in [0.15, 0.2) is 0 Å². The number of aryl methyl sites for hydroxylation is 2. The van der Waals surface area contributed by atoms with Crippen molar-refractivity contribution in [3.8, 4) is 0 Å². The Hall–Kier alpha value is -1.24. The van der Waals surface area contributed by atoms with Crippen molar-refractivity contribution in [2.24, 2.45) is 0 Å². The molecular weight excluding hydrogens is 354 g/mol. The summed E-state index contributed by atoms with van der Waals surface area (Å²) in [5.74, 6) is 2.17. The number of hydrogen-bond donors (Lipinski definition) is 0. The molecule has 6 heteroatoms. The molecule has 2 fully saturated rings. The van der Waals surface area contributed by atoms with Crippen LogP contribution in [-0.2, 0) is 6.54 Å². The molecular formula is C21H33N5S. The molecule has 2 aliphatic rings. The van der Waals surface area contributed by atoms with Gasteiger partial charge in [0.25, 0.3) is 0 Å². The largest absolute Gasteiger partial charge is 0.353 e. The molecule has 27 heavy (non-hydrogen) atoms. The summed E-state index contributed by atoms with van der Waals surface area (Å²) in [6.45, 7) is 18.9. The van der Waals surface area contributed by atoms with Crippen molar-refractivity contribution in [1.29, 1.82) is 0 Å². The zero-order valence-electron chi connectivity index (χ0n) is 17.5. The summed E-state index contributed by atoms with van der Waals surface area (Å²) in [4.78, 5) is 20.2. The number of fused-ring (bicyclic) bond motifs is 1. The predicted octanol–water partition coefficient (Wildman–Crippen LogP) is 3.82. The van der Waals surface area contributed by atoms with Gasteiger partial charge in [0, 0.05) is 36.6 Å². The number of piperazine rings is 1. The third kappa shape index (κ3) is 3.84. The molecule has 0 N–H and O–H groups in total. The normalized spacial score (nSPS) is 20.1.